The van der Waals surface area contributed by atoms with E-state index in [1.165, 1.54) is 6.42 Å². The Balaban J connectivity index is 2.09. The average Bonchev–Trinajstić information content (AvgIpc) is 2.77. The summed E-state index contributed by atoms with van der Waals surface area (Å²) in [5, 5.41) is 3.07. The normalized spacial score (nSPS) is 22.1. The lowest BCUT2D eigenvalue weighted by Crippen LogP contribution is -2.30. The molecule has 0 aromatic heterocycles. The molecule has 1 aliphatic rings. The van der Waals surface area contributed by atoms with Crippen LogP contribution >= 0.6 is 0 Å². The first-order valence-electron chi connectivity index (χ1n) is 7.31. The first kappa shape index (κ1) is 15.4. The van der Waals surface area contributed by atoms with Crippen molar-refractivity contribution in [2.45, 2.75) is 39.0 Å². The summed E-state index contributed by atoms with van der Waals surface area (Å²) in [6.07, 6.45) is 5.00. The van der Waals surface area contributed by atoms with Crippen molar-refractivity contribution in [1.82, 2.24) is 10.2 Å². The second-order valence-corrected chi connectivity index (χ2v) is 5.61. The zero-order valence-electron chi connectivity index (χ0n) is 12.0. The van der Waals surface area contributed by atoms with Gasteiger partial charge in [-0.1, -0.05) is 13.3 Å². The van der Waals surface area contributed by atoms with E-state index < -0.39 is 0 Å². The van der Waals surface area contributed by atoms with E-state index in [2.05, 4.69) is 24.2 Å². The van der Waals surface area contributed by atoms with Crippen molar-refractivity contribution >= 4 is 5.91 Å². The minimum atomic E-state index is 0.208. The van der Waals surface area contributed by atoms with Gasteiger partial charge in [0, 0.05) is 19.5 Å². The van der Waals surface area contributed by atoms with Crippen LogP contribution < -0.4 is 11.1 Å². The van der Waals surface area contributed by atoms with Gasteiger partial charge in [-0.3, -0.25) is 4.79 Å². The number of rotatable bonds is 8. The molecule has 4 heteroatoms. The average molecular weight is 255 g/mol. The van der Waals surface area contributed by atoms with Crippen LogP contribution in [0.25, 0.3) is 0 Å². The van der Waals surface area contributed by atoms with Gasteiger partial charge in [0.25, 0.3) is 0 Å². The summed E-state index contributed by atoms with van der Waals surface area (Å²) < 4.78 is 0. The molecule has 0 radical (unpaired) electrons. The Kier molecular flexibility index (Phi) is 7.28. The molecular weight excluding hydrogens is 226 g/mol. The van der Waals surface area contributed by atoms with Crippen LogP contribution in [0.1, 0.15) is 39.0 Å². The van der Waals surface area contributed by atoms with E-state index in [9.17, 15) is 4.79 Å². The van der Waals surface area contributed by atoms with Gasteiger partial charge in [-0.2, -0.15) is 0 Å². The molecule has 18 heavy (non-hydrogen) atoms. The van der Waals surface area contributed by atoms with Crippen molar-refractivity contribution in [3.05, 3.63) is 0 Å². The summed E-state index contributed by atoms with van der Waals surface area (Å²) in [4.78, 5) is 14.1. The van der Waals surface area contributed by atoms with Crippen LogP contribution in [-0.4, -0.2) is 44.0 Å². The fourth-order valence-corrected chi connectivity index (χ4v) is 2.66. The summed E-state index contributed by atoms with van der Waals surface area (Å²) in [6.45, 7) is 6.03. The van der Waals surface area contributed by atoms with Gasteiger partial charge in [0.1, 0.15) is 0 Å². The maximum Gasteiger partial charge on any atom is 0.220 e. The highest BCUT2D eigenvalue weighted by Gasteiger charge is 2.19. The van der Waals surface area contributed by atoms with Gasteiger partial charge in [0.15, 0.2) is 0 Å². The summed E-state index contributed by atoms with van der Waals surface area (Å²) in [6, 6.07) is 0. The van der Waals surface area contributed by atoms with Crippen LogP contribution in [0.15, 0.2) is 0 Å². The molecule has 1 heterocycles. The molecule has 0 bridgehead atoms. The van der Waals surface area contributed by atoms with Gasteiger partial charge in [-0.15, -0.1) is 0 Å². The molecule has 2 unspecified atom stereocenters. The van der Waals surface area contributed by atoms with E-state index in [1.807, 2.05) is 0 Å². The molecular formula is C14H29N3O. The molecule has 2 atom stereocenters. The zero-order chi connectivity index (χ0) is 13.4. The quantitative estimate of drug-likeness (QED) is 0.685. The van der Waals surface area contributed by atoms with Gasteiger partial charge in [-0.05, 0) is 51.2 Å². The Hall–Kier alpha value is -0.610. The molecule has 1 amide bonds. The summed E-state index contributed by atoms with van der Waals surface area (Å²) in [5.41, 5.74) is 5.56. The Morgan fingerprint density at radius 2 is 2.28 bits per heavy atom. The Labute approximate surface area is 111 Å². The van der Waals surface area contributed by atoms with E-state index in [4.69, 9.17) is 5.73 Å². The summed E-state index contributed by atoms with van der Waals surface area (Å²) in [5.74, 6) is 1.46. The van der Waals surface area contributed by atoms with Crippen molar-refractivity contribution < 1.29 is 4.79 Å². The standard InChI is InChI=1S/C14H29N3O/c1-3-12(6-8-15)4-5-14(18)16-10-13-7-9-17(2)11-13/h12-13H,3-11,15H2,1-2H3,(H,16,18). The lowest BCUT2D eigenvalue weighted by molar-refractivity contribution is -0.121. The minimum absolute atomic E-state index is 0.208. The molecule has 106 valence electrons. The zero-order valence-corrected chi connectivity index (χ0v) is 12.0. The van der Waals surface area contributed by atoms with Crippen LogP contribution in [-0.2, 0) is 4.79 Å². The number of hydrogen-bond acceptors (Lipinski definition) is 3. The maximum absolute atomic E-state index is 11.7. The van der Waals surface area contributed by atoms with Crippen LogP contribution in [0, 0.1) is 11.8 Å². The number of amides is 1. The molecule has 0 aromatic carbocycles. The maximum atomic E-state index is 11.7. The number of nitrogens with two attached hydrogens (primary N) is 1. The first-order chi connectivity index (χ1) is 8.65. The van der Waals surface area contributed by atoms with Gasteiger partial charge in [0.2, 0.25) is 5.91 Å². The minimum Gasteiger partial charge on any atom is -0.356 e. The molecule has 1 saturated heterocycles. The monoisotopic (exact) mass is 255 g/mol. The van der Waals surface area contributed by atoms with E-state index in [0.717, 1.165) is 45.4 Å². The van der Waals surface area contributed by atoms with E-state index in [-0.39, 0.29) is 5.91 Å². The fourth-order valence-electron chi connectivity index (χ4n) is 2.66. The predicted octanol–water partition coefficient (Wildman–Crippen LogP) is 1.21. The largest absolute Gasteiger partial charge is 0.356 e. The topological polar surface area (TPSA) is 58.4 Å². The van der Waals surface area contributed by atoms with Crippen molar-refractivity contribution in [2.75, 3.05) is 33.2 Å². The Morgan fingerprint density at radius 1 is 1.50 bits per heavy atom. The van der Waals surface area contributed by atoms with Crippen LogP contribution in [0.5, 0.6) is 0 Å². The molecule has 1 aliphatic heterocycles. The summed E-state index contributed by atoms with van der Waals surface area (Å²) in [7, 11) is 2.14. The van der Waals surface area contributed by atoms with Gasteiger partial charge >= 0.3 is 0 Å². The molecule has 3 N–H and O–H groups in total. The molecule has 1 fully saturated rings. The number of likely N-dealkylation sites (tertiary alicyclic amines) is 1. The van der Waals surface area contributed by atoms with Gasteiger partial charge < -0.3 is 16.0 Å². The number of carbonyl (C=O) groups excluding carboxylic acids is 1. The highest BCUT2D eigenvalue weighted by atomic mass is 16.1. The van der Waals surface area contributed by atoms with Crippen LogP contribution in [0.2, 0.25) is 0 Å². The third kappa shape index (κ3) is 5.83. The van der Waals surface area contributed by atoms with E-state index in [1.54, 1.807) is 0 Å². The fraction of sp³-hybridized carbons (Fsp3) is 0.929. The Morgan fingerprint density at radius 3 is 2.83 bits per heavy atom. The number of nitrogens with zero attached hydrogens (tertiary/aromatic N) is 1. The highest BCUT2D eigenvalue weighted by molar-refractivity contribution is 5.75. The lowest BCUT2D eigenvalue weighted by atomic mass is 9.96. The first-order valence-corrected chi connectivity index (χ1v) is 7.31. The number of nitrogens with one attached hydrogen (secondary N) is 1. The number of carbonyl (C=O) groups is 1. The molecule has 0 spiro atoms. The summed E-state index contributed by atoms with van der Waals surface area (Å²) >= 11 is 0. The predicted molar refractivity (Wildman–Crippen MR) is 75.3 cm³/mol. The van der Waals surface area contributed by atoms with Gasteiger partial charge in [-0.25, -0.2) is 0 Å². The van der Waals surface area contributed by atoms with Crippen LogP contribution in [0.4, 0.5) is 0 Å². The van der Waals surface area contributed by atoms with Crippen molar-refractivity contribution in [3.8, 4) is 0 Å². The van der Waals surface area contributed by atoms with Crippen molar-refractivity contribution in [3.63, 3.8) is 0 Å². The van der Waals surface area contributed by atoms with E-state index >= 15 is 0 Å². The molecule has 0 aliphatic carbocycles. The van der Waals surface area contributed by atoms with Crippen LogP contribution in [0.3, 0.4) is 0 Å². The Bertz CT molecular complexity index is 235. The second kappa shape index (κ2) is 8.48. The smallest absolute Gasteiger partial charge is 0.220 e. The third-order valence-electron chi connectivity index (χ3n) is 4.01. The molecule has 4 nitrogen and oxygen atoms in total. The van der Waals surface area contributed by atoms with Crippen molar-refractivity contribution in [2.24, 2.45) is 17.6 Å². The molecule has 1 rings (SSSR count). The number of hydrogen-bond donors (Lipinski definition) is 2. The highest BCUT2D eigenvalue weighted by Crippen LogP contribution is 2.15. The molecule has 0 aromatic rings. The van der Waals surface area contributed by atoms with Gasteiger partial charge in [0.05, 0.1) is 0 Å². The lowest BCUT2D eigenvalue weighted by Gasteiger charge is -2.14. The van der Waals surface area contributed by atoms with Crippen molar-refractivity contribution in [1.29, 1.82) is 0 Å². The van der Waals surface area contributed by atoms with E-state index in [0.29, 0.717) is 18.3 Å². The second-order valence-electron chi connectivity index (χ2n) is 5.61. The molecule has 0 saturated carbocycles. The third-order valence-corrected chi connectivity index (χ3v) is 4.01. The SMILES string of the molecule is CCC(CCN)CCC(=O)NCC1CCN(C)C1.